The molecule has 1 aromatic rings. The van der Waals surface area contributed by atoms with Gasteiger partial charge in [0.2, 0.25) is 5.91 Å². The largest absolute Gasteiger partial charge is 0.353 e. The van der Waals surface area contributed by atoms with Gasteiger partial charge in [-0.05, 0) is 50.0 Å². The van der Waals surface area contributed by atoms with Crippen LogP contribution in [0.15, 0.2) is 35.2 Å². The summed E-state index contributed by atoms with van der Waals surface area (Å²) >= 11 is 1.81. The molecule has 1 saturated carbocycles. The number of carbonyl (C=O) groups is 2. The van der Waals surface area contributed by atoms with Gasteiger partial charge < -0.3 is 15.5 Å². The Morgan fingerprint density at radius 2 is 1.80 bits per heavy atom. The molecule has 0 atom stereocenters. The van der Waals surface area contributed by atoms with Crippen LogP contribution in [0, 0.1) is 5.92 Å². The van der Waals surface area contributed by atoms with Gasteiger partial charge in [-0.3, -0.25) is 4.79 Å². The minimum absolute atomic E-state index is 0.00534. The van der Waals surface area contributed by atoms with Crippen LogP contribution in [-0.2, 0) is 4.79 Å². The number of nitrogens with zero attached hydrogens (tertiary/aromatic N) is 1. The number of hydrogen-bond acceptors (Lipinski definition) is 3. The van der Waals surface area contributed by atoms with Crippen molar-refractivity contribution in [2.45, 2.75) is 43.0 Å². The first-order chi connectivity index (χ1) is 12.2. The van der Waals surface area contributed by atoms with E-state index in [-0.39, 0.29) is 17.9 Å². The third kappa shape index (κ3) is 5.96. The molecule has 1 aliphatic carbocycles. The molecule has 1 aliphatic heterocycles. The fourth-order valence-electron chi connectivity index (χ4n) is 2.98. The molecule has 6 heteroatoms. The van der Waals surface area contributed by atoms with E-state index >= 15 is 0 Å². The summed E-state index contributed by atoms with van der Waals surface area (Å²) in [6.45, 7) is 2.04. The van der Waals surface area contributed by atoms with Gasteiger partial charge in [-0.1, -0.05) is 18.2 Å². The Hall–Kier alpha value is -1.69. The van der Waals surface area contributed by atoms with Gasteiger partial charge in [0.05, 0.1) is 0 Å². The van der Waals surface area contributed by atoms with E-state index in [4.69, 9.17) is 0 Å². The zero-order valence-corrected chi connectivity index (χ0v) is 15.4. The number of urea groups is 1. The lowest BCUT2D eigenvalue weighted by Gasteiger charge is -2.31. The minimum atomic E-state index is 0.00534. The Labute approximate surface area is 153 Å². The van der Waals surface area contributed by atoms with Crippen molar-refractivity contribution < 1.29 is 9.59 Å². The number of thioether (sulfide) groups is 1. The molecule has 136 valence electrons. The molecule has 0 radical (unpaired) electrons. The van der Waals surface area contributed by atoms with E-state index < -0.39 is 0 Å². The van der Waals surface area contributed by atoms with Crippen LogP contribution in [0.1, 0.15) is 32.1 Å². The van der Waals surface area contributed by atoms with E-state index in [0.29, 0.717) is 25.7 Å². The van der Waals surface area contributed by atoms with Crippen molar-refractivity contribution in [2.24, 2.45) is 5.92 Å². The summed E-state index contributed by atoms with van der Waals surface area (Å²) in [6, 6.07) is 10.7. The number of hydrogen-bond donors (Lipinski definition) is 2. The first-order valence-corrected chi connectivity index (χ1v) is 10.2. The van der Waals surface area contributed by atoms with E-state index in [0.717, 1.165) is 37.9 Å². The van der Waals surface area contributed by atoms with Crippen molar-refractivity contribution in [3.05, 3.63) is 30.3 Å². The van der Waals surface area contributed by atoms with Gasteiger partial charge in [0.15, 0.2) is 0 Å². The predicted octanol–water partition coefficient (Wildman–Crippen LogP) is 2.87. The van der Waals surface area contributed by atoms with Crippen LogP contribution in [0.5, 0.6) is 0 Å². The number of benzene rings is 1. The summed E-state index contributed by atoms with van der Waals surface area (Å²) in [4.78, 5) is 27.4. The van der Waals surface area contributed by atoms with Gasteiger partial charge in [0.1, 0.15) is 0 Å². The zero-order valence-electron chi connectivity index (χ0n) is 14.6. The van der Waals surface area contributed by atoms with Crippen molar-refractivity contribution in [1.29, 1.82) is 0 Å². The lowest BCUT2D eigenvalue weighted by molar-refractivity contribution is -0.126. The maximum absolute atomic E-state index is 12.2. The van der Waals surface area contributed by atoms with Gasteiger partial charge in [-0.15, -0.1) is 11.8 Å². The van der Waals surface area contributed by atoms with Crippen LogP contribution in [0.4, 0.5) is 4.79 Å². The molecule has 3 rings (SSSR count). The highest BCUT2D eigenvalue weighted by atomic mass is 32.2. The summed E-state index contributed by atoms with van der Waals surface area (Å²) in [5.74, 6) is 1.25. The highest BCUT2D eigenvalue weighted by Crippen LogP contribution is 2.22. The van der Waals surface area contributed by atoms with Crippen LogP contribution < -0.4 is 10.6 Å². The number of nitrogens with one attached hydrogen (secondary N) is 2. The van der Waals surface area contributed by atoms with Gasteiger partial charge in [0, 0.05) is 36.5 Å². The van der Waals surface area contributed by atoms with E-state index in [1.54, 1.807) is 0 Å². The maximum Gasteiger partial charge on any atom is 0.317 e. The Morgan fingerprint density at radius 1 is 1.08 bits per heavy atom. The molecule has 0 aromatic heterocycles. The Bertz CT molecular complexity index is 569. The van der Waals surface area contributed by atoms with Crippen molar-refractivity contribution >= 4 is 23.7 Å². The van der Waals surface area contributed by atoms with Crippen LogP contribution in [0.2, 0.25) is 0 Å². The first-order valence-electron chi connectivity index (χ1n) is 9.23. The van der Waals surface area contributed by atoms with Crippen LogP contribution >= 0.6 is 11.8 Å². The normalized spacial score (nSPS) is 18.0. The third-order valence-corrected chi connectivity index (χ3v) is 5.78. The van der Waals surface area contributed by atoms with E-state index in [9.17, 15) is 9.59 Å². The molecule has 2 aliphatic rings. The summed E-state index contributed by atoms with van der Waals surface area (Å²) in [7, 11) is 0. The predicted molar refractivity (Wildman–Crippen MR) is 101 cm³/mol. The molecular formula is C19H27N3O2S. The highest BCUT2D eigenvalue weighted by molar-refractivity contribution is 7.99. The molecule has 0 spiro atoms. The van der Waals surface area contributed by atoms with Crippen LogP contribution in [0.3, 0.4) is 0 Å². The number of likely N-dealkylation sites (tertiary alicyclic amines) is 1. The van der Waals surface area contributed by atoms with Crippen LogP contribution in [-0.4, -0.2) is 48.3 Å². The monoisotopic (exact) mass is 361 g/mol. The summed E-state index contributed by atoms with van der Waals surface area (Å²) in [5, 5.41) is 6.07. The van der Waals surface area contributed by atoms with Gasteiger partial charge in [0.25, 0.3) is 0 Å². The second-order valence-corrected chi connectivity index (χ2v) is 7.96. The third-order valence-electron chi connectivity index (χ3n) is 4.69. The average molecular weight is 362 g/mol. The maximum atomic E-state index is 12.2. The minimum Gasteiger partial charge on any atom is -0.353 e. The molecule has 1 saturated heterocycles. The smallest absolute Gasteiger partial charge is 0.317 e. The number of carbonyl (C=O) groups excluding carboxylic acids is 2. The van der Waals surface area contributed by atoms with E-state index in [2.05, 4.69) is 22.8 Å². The quantitative estimate of drug-likeness (QED) is 0.580. The summed E-state index contributed by atoms with van der Waals surface area (Å²) < 4.78 is 0. The highest BCUT2D eigenvalue weighted by Gasteiger charge is 2.30. The van der Waals surface area contributed by atoms with Crippen molar-refractivity contribution in [2.75, 3.05) is 25.4 Å². The fourth-order valence-corrected chi connectivity index (χ4v) is 3.85. The average Bonchev–Trinajstić information content (AvgIpc) is 3.46. The molecule has 0 bridgehead atoms. The first kappa shape index (κ1) is 18.1. The molecule has 0 unspecified atom stereocenters. The topological polar surface area (TPSA) is 61.4 Å². The Morgan fingerprint density at radius 3 is 2.48 bits per heavy atom. The molecule has 5 nitrogen and oxygen atoms in total. The van der Waals surface area contributed by atoms with Gasteiger partial charge in [-0.2, -0.15) is 0 Å². The number of piperidine rings is 1. The fraction of sp³-hybridized carbons (Fsp3) is 0.579. The molecule has 2 N–H and O–H groups in total. The van der Waals surface area contributed by atoms with E-state index in [1.165, 1.54) is 4.90 Å². The molecule has 25 heavy (non-hydrogen) atoms. The van der Waals surface area contributed by atoms with Crippen molar-refractivity contribution in [1.82, 2.24) is 15.5 Å². The van der Waals surface area contributed by atoms with Gasteiger partial charge in [-0.25, -0.2) is 4.79 Å². The second kappa shape index (κ2) is 9.13. The molecule has 2 fully saturated rings. The van der Waals surface area contributed by atoms with Gasteiger partial charge >= 0.3 is 6.03 Å². The number of rotatable bonds is 7. The number of amides is 3. The Kier molecular flexibility index (Phi) is 6.62. The Balaban J connectivity index is 1.27. The second-order valence-electron chi connectivity index (χ2n) is 6.79. The van der Waals surface area contributed by atoms with Crippen molar-refractivity contribution in [3.63, 3.8) is 0 Å². The molecule has 3 amide bonds. The summed E-state index contributed by atoms with van der Waals surface area (Å²) in [6.07, 6.45) is 4.74. The summed E-state index contributed by atoms with van der Waals surface area (Å²) in [5.41, 5.74) is 0. The lowest BCUT2D eigenvalue weighted by atomic mass is 9.96. The molecule has 1 heterocycles. The molecular weight excluding hydrogens is 334 g/mol. The zero-order chi connectivity index (χ0) is 17.5. The standard InChI is InChI=1S/C19H27N3O2S/c23-18(21-16-7-8-16)15-9-12-22(13-10-15)19(24)20-11-4-14-25-17-5-2-1-3-6-17/h1-3,5-6,15-16H,4,7-14H2,(H,20,24)(H,21,23). The SMILES string of the molecule is O=C(NC1CC1)C1CCN(C(=O)NCCCSc2ccccc2)CC1. The van der Waals surface area contributed by atoms with Crippen LogP contribution in [0.25, 0.3) is 0 Å². The molecule has 1 aromatic carbocycles. The van der Waals surface area contributed by atoms with Crippen molar-refractivity contribution in [3.8, 4) is 0 Å². The van der Waals surface area contributed by atoms with E-state index in [1.807, 2.05) is 34.9 Å². The lowest BCUT2D eigenvalue weighted by Crippen LogP contribution is -2.47.